The highest BCUT2D eigenvalue weighted by molar-refractivity contribution is 7.89. The summed E-state index contributed by atoms with van der Waals surface area (Å²) in [5.74, 6) is -0.415. The molecule has 0 fully saturated rings. The minimum Gasteiger partial charge on any atom is -0.455 e. The van der Waals surface area contributed by atoms with Gasteiger partial charge in [-0.25, -0.2) is 12.8 Å². The standard InChI is InChI=1S/C22H22FN3O4S/c1-3-26(4-2)31(28,29)18-12-13-21(30-17-10-8-16(23)9-11-17)20(15-18)25-22(27)19-7-5-6-14-24-19/h5-15H,3-4H2,1-2H3,(H,25,27). The smallest absolute Gasteiger partial charge is 0.274 e. The minimum absolute atomic E-state index is 0.0129. The molecule has 9 heteroatoms. The number of carbonyl (C=O) groups excluding carboxylic acids is 1. The van der Waals surface area contributed by atoms with E-state index in [-0.39, 0.29) is 22.0 Å². The van der Waals surface area contributed by atoms with Crippen LogP contribution in [0.5, 0.6) is 11.5 Å². The van der Waals surface area contributed by atoms with Crippen molar-refractivity contribution >= 4 is 21.6 Å². The number of carbonyl (C=O) groups is 1. The van der Waals surface area contributed by atoms with Crippen LogP contribution in [0, 0.1) is 5.82 Å². The molecule has 3 rings (SSSR count). The third-order valence-corrected chi connectivity index (χ3v) is 6.53. The number of nitrogens with zero attached hydrogens (tertiary/aromatic N) is 2. The van der Waals surface area contributed by atoms with Crippen LogP contribution >= 0.6 is 0 Å². The van der Waals surface area contributed by atoms with Crippen LogP contribution in [0.4, 0.5) is 10.1 Å². The average Bonchev–Trinajstić information content (AvgIpc) is 2.77. The van der Waals surface area contributed by atoms with Gasteiger partial charge in [0, 0.05) is 19.3 Å². The monoisotopic (exact) mass is 443 g/mol. The van der Waals surface area contributed by atoms with E-state index in [9.17, 15) is 17.6 Å². The first-order chi connectivity index (χ1) is 14.8. The van der Waals surface area contributed by atoms with Crippen molar-refractivity contribution in [3.05, 3.63) is 78.4 Å². The van der Waals surface area contributed by atoms with Crippen molar-refractivity contribution in [2.45, 2.75) is 18.7 Å². The van der Waals surface area contributed by atoms with Gasteiger partial charge in [0.05, 0.1) is 10.6 Å². The van der Waals surface area contributed by atoms with Crippen LogP contribution in [0.3, 0.4) is 0 Å². The second kappa shape index (κ2) is 9.67. The number of benzene rings is 2. The summed E-state index contributed by atoms with van der Waals surface area (Å²) >= 11 is 0. The predicted octanol–water partition coefficient (Wildman–Crippen LogP) is 4.30. The number of ether oxygens (including phenoxy) is 1. The maximum absolute atomic E-state index is 13.2. The Balaban J connectivity index is 2.01. The second-order valence-electron chi connectivity index (χ2n) is 6.47. The van der Waals surface area contributed by atoms with Gasteiger partial charge in [0.1, 0.15) is 17.3 Å². The molecule has 1 amide bonds. The zero-order valence-electron chi connectivity index (χ0n) is 17.1. The summed E-state index contributed by atoms with van der Waals surface area (Å²) in [6.07, 6.45) is 1.48. The number of hydrogen-bond acceptors (Lipinski definition) is 5. The average molecular weight is 444 g/mol. The molecule has 2 aromatic carbocycles. The van der Waals surface area contributed by atoms with E-state index in [1.165, 1.54) is 59.0 Å². The fraction of sp³-hybridized carbons (Fsp3) is 0.182. The molecule has 162 valence electrons. The van der Waals surface area contributed by atoms with Gasteiger partial charge in [-0.2, -0.15) is 4.31 Å². The molecule has 0 bridgehead atoms. The third-order valence-electron chi connectivity index (χ3n) is 4.48. The molecular weight excluding hydrogens is 421 g/mol. The molecule has 7 nitrogen and oxygen atoms in total. The highest BCUT2D eigenvalue weighted by Crippen LogP contribution is 2.33. The fourth-order valence-electron chi connectivity index (χ4n) is 2.88. The van der Waals surface area contributed by atoms with Crippen LogP contribution in [0.15, 0.2) is 71.8 Å². The molecule has 0 unspecified atom stereocenters. The van der Waals surface area contributed by atoms with E-state index in [4.69, 9.17) is 4.74 Å². The van der Waals surface area contributed by atoms with Crippen molar-refractivity contribution in [3.8, 4) is 11.5 Å². The number of pyridine rings is 1. The quantitative estimate of drug-likeness (QED) is 0.561. The van der Waals surface area contributed by atoms with Gasteiger partial charge in [0.2, 0.25) is 10.0 Å². The molecule has 0 radical (unpaired) electrons. The number of aromatic nitrogens is 1. The fourth-order valence-corrected chi connectivity index (χ4v) is 4.37. The molecular formula is C22H22FN3O4S. The lowest BCUT2D eigenvalue weighted by molar-refractivity contribution is 0.102. The van der Waals surface area contributed by atoms with Crippen molar-refractivity contribution in [2.24, 2.45) is 0 Å². The largest absolute Gasteiger partial charge is 0.455 e. The van der Waals surface area contributed by atoms with E-state index >= 15 is 0 Å². The van der Waals surface area contributed by atoms with Crippen LogP contribution in [-0.2, 0) is 10.0 Å². The first-order valence-electron chi connectivity index (χ1n) is 9.65. The van der Waals surface area contributed by atoms with Gasteiger partial charge >= 0.3 is 0 Å². The zero-order valence-corrected chi connectivity index (χ0v) is 17.9. The Morgan fingerprint density at radius 3 is 2.39 bits per heavy atom. The molecule has 0 aliphatic heterocycles. The van der Waals surface area contributed by atoms with Crippen LogP contribution in [0.2, 0.25) is 0 Å². The lowest BCUT2D eigenvalue weighted by Gasteiger charge is -2.20. The van der Waals surface area contributed by atoms with E-state index in [0.29, 0.717) is 18.8 Å². The van der Waals surface area contributed by atoms with E-state index in [2.05, 4.69) is 10.3 Å². The normalized spacial score (nSPS) is 11.4. The number of anilines is 1. The summed E-state index contributed by atoms with van der Waals surface area (Å²) in [7, 11) is -3.76. The Kier molecular flexibility index (Phi) is 6.98. The molecule has 1 N–H and O–H groups in total. The molecule has 31 heavy (non-hydrogen) atoms. The van der Waals surface area contributed by atoms with Crippen LogP contribution < -0.4 is 10.1 Å². The molecule has 0 saturated heterocycles. The number of hydrogen-bond donors (Lipinski definition) is 1. The molecule has 0 aliphatic carbocycles. The molecule has 3 aromatic rings. The Morgan fingerprint density at radius 2 is 1.77 bits per heavy atom. The summed E-state index contributed by atoms with van der Waals surface area (Å²) in [6, 6.07) is 14.4. The summed E-state index contributed by atoms with van der Waals surface area (Å²) in [4.78, 5) is 16.6. The predicted molar refractivity (Wildman–Crippen MR) is 115 cm³/mol. The van der Waals surface area contributed by atoms with Gasteiger partial charge in [-0.3, -0.25) is 9.78 Å². The number of rotatable bonds is 8. The molecule has 1 aromatic heterocycles. The van der Waals surface area contributed by atoms with Crippen molar-refractivity contribution in [2.75, 3.05) is 18.4 Å². The topological polar surface area (TPSA) is 88.6 Å². The van der Waals surface area contributed by atoms with Crippen molar-refractivity contribution < 1.29 is 22.3 Å². The summed E-state index contributed by atoms with van der Waals surface area (Å²) in [5.41, 5.74) is 0.306. The molecule has 0 aliphatic rings. The van der Waals surface area contributed by atoms with Crippen LogP contribution in [0.1, 0.15) is 24.3 Å². The third kappa shape index (κ3) is 5.25. The van der Waals surface area contributed by atoms with Gasteiger partial charge in [-0.05, 0) is 54.6 Å². The lowest BCUT2D eigenvalue weighted by atomic mass is 10.2. The van der Waals surface area contributed by atoms with E-state index in [1.54, 1.807) is 26.0 Å². The van der Waals surface area contributed by atoms with Crippen molar-refractivity contribution in [1.29, 1.82) is 0 Å². The maximum atomic E-state index is 13.2. The second-order valence-corrected chi connectivity index (χ2v) is 8.41. The van der Waals surface area contributed by atoms with Gasteiger partial charge in [0.15, 0.2) is 5.75 Å². The van der Waals surface area contributed by atoms with E-state index < -0.39 is 21.7 Å². The van der Waals surface area contributed by atoms with E-state index in [1.807, 2.05) is 0 Å². The Morgan fingerprint density at radius 1 is 1.06 bits per heavy atom. The first-order valence-corrected chi connectivity index (χ1v) is 11.1. The molecule has 0 atom stereocenters. The van der Waals surface area contributed by atoms with Crippen molar-refractivity contribution in [3.63, 3.8) is 0 Å². The first kappa shape index (κ1) is 22.4. The summed E-state index contributed by atoms with van der Waals surface area (Å²) in [5, 5.41) is 2.66. The summed E-state index contributed by atoms with van der Waals surface area (Å²) < 4.78 is 46.1. The van der Waals surface area contributed by atoms with Crippen LogP contribution in [-0.4, -0.2) is 36.7 Å². The molecule has 0 spiro atoms. The molecule has 1 heterocycles. The highest BCUT2D eigenvalue weighted by atomic mass is 32.2. The minimum atomic E-state index is -3.76. The van der Waals surface area contributed by atoms with Crippen molar-refractivity contribution in [1.82, 2.24) is 9.29 Å². The number of amides is 1. The van der Waals surface area contributed by atoms with Gasteiger partial charge in [0.25, 0.3) is 5.91 Å². The summed E-state index contributed by atoms with van der Waals surface area (Å²) in [6.45, 7) is 4.11. The highest BCUT2D eigenvalue weighted by Gasteiger charge is 2.24. The van der Waals surface area contributed by atoms with Gasteiger partial charge in [-0.1, -0.05) is 19.9 Å². The Bertz CT molecular complexity index is 1150. The lowest BCUT2D eigenvalue weighted by Crippen LogP contribution is -2.30. The SMILES string of the molecule is CCN(CC)S(=O)(=O)c1ccc(Oc2ccc(F)cc2)c(NC(=O)c2ccccn2)c1. The van der Waals surface area contributed by atoms with E-state index in [0.717, 1.165) is 0 Å². The van der Waals surface area contributed by atoms with Crippen LogP contribution in [0.25, 0.3) is 0 Å². The van der Waals surface area contributed by atoms with Gasteiger partial charge < -0.3 is 10.1 Å². The number of halogens is 1. The number of nitrogens with one attached hydrogen (secondary N) is 1. The maximum Gasteiger partial charge on any atom is 0.274 e. The van der Waals surface area contributed by atoms with Gasteiger partial charge in [-0.15, -0.1) is 0 Å². The molecule has 0 saturated carbocycles. The Hall–Kier alpha value is -3.30. The Labute approximate surface area is 180 Å². The number of sulfonamides is 1. The zero-order chi connectivity index (χ0) is 22.4.